The summed E-state index contributed by atoms with van der Waals surface area (Å²) in [6.45, 7) is 9.21. The first-order valence-electron chi connectivity index (χ1n) is 6.26. The molecule has 1 fully saturated rings. The lowest BCUT2D eigenvalue weighted by molar-refractivity contribution is 0.0521. The minimum Gasteiger partial charge on any atom is -0.444 e. The second-order valence-corrected chi connectivity index (χ2v) is 5.56. The molecule has 0 unspecified atom stereocenters. The van der Waals surface area contributed by atoms with E-state index < -0.39 is 5.60 Å². The van der Waals surface area contributed by atoms with E-state index in [-0.39, 0.29) is 6.09 Å². The zero-order valence-electron chi connectivity index (χ0n) is 11.4. The van der Waals surface area contributed by atoms with Gasteiger partial charge in [0, 0.05) is 25.7 Å². The second-order valence-electron chi connectivity index (χ2n) is 5.56. The molecule has 100 valence electrons. The molecule has 1 rings (SSSR count). The van der Waals surface area contributed by atoms with Crippen LogP contribution in [0.3, 0.4) is 0 Å². The van der Waals surface area contributed by atoms with E-state index in [1.165, 1.54) is 6.42 Å². The number of hydrogen-bond donors (Lipinski definition) is 2. The largest absolute Gasteiger partial charge is 0.444 e. The van der Waals surface area contributed by atoms with Gasteiger partial charge in [0.15, 0.2) is 0 Å². The van der Waals surface area contributed by atoms with Crippen LogP contribution in [0.2, 0.25) is 0 Å². The third-order valence-corrected chi connectivity index (χ3v) is 2.79. The van der Waals surface area contributed by atoms with Crippen LogP contribution < -0.4 is 10.6 Å². The summed E-state index contributed by atoms with van der Waals surface area (Å²) in [6.07, 6.45) is 0.846. The molecule has 0 aromatic rings. The molecule has 0 bridgehead atoms. The Bertz CT molecular complexity index is 245. The molecule has 17 heavy (non-hydrogen) atoms. The summed E-state index contributed by atoms with van der Waals surface area (Å²) in [6, 6.07) is 0.593. The number of amides is 1. The van der Waals surface area contributed by atoms with Crippen molar-refractivity contribution in [2.45, 2.75) is 38.8 Å². The maximum atomic E-state index is 11.4. The molecule has 1 atom stereocenters. The molecule has 1 saturated heterocycles. The molecule has 2 N–H and O–H groups in total. The van der Waals surface area contributed by atoms with Crippen molar-refractivity contribution in [1.82, 2.24) is 15.5 Å². The van der Waals surface area contributed by atoms with Gasteiger partial charge in [0.25, 0.3) is 0 Å². The second kappa shape index (κ2) is 6.21. The Morgan fingerprint density at radius 2 is 2.24 bits per heavy atom. The number of alkyl carbamates (subject to hydrolysis) is 1. The lowest BCUT2D eigenvalue weighted by atomic mass is 10.2. The fourth-order valence-corrected chi connectivity index (χ4v) is 1.85. The molecule has 5 heteroatoms. The van der Waals surface area contributed by atoms with Crippen LogP contribution in [0.5, 0.6) is 0 Å². The van der Waals surface area contributed by atoms with Crippen LogP contribution in [0.1, 0.15) is 27.2 Å². The average Bonchev–Trinajstić information content (AvgIpc) is 2.66. The highest BCUT2D eigenvalue weighted by Crippen LogP contribution is 2.07. The van der Waals surface area contributed by atoms with Crippen LogP contribution in [0.25, 0.3) is 0 Å². The third-order valence-electron chi connectivity index (χ3n) is 2.79. The zero-order valence-corrected chi connectivity index (χ0v) is 11.4. The SMILES string of the molecule is CN(CCNC(=O)OC(C)(C)C)[C@H]1CCNC1. The highest BCUT2D eigenvalue weighted by molar-refractivity contribution is 5.67. The lowest BCUT2D eigenvalue weighted by Crippen LogP contribution is -2.41. The Hall–Kier alpha value is -0.810. The first kappa shape index (κ1) is 14.3. The minimum atomic E-state index is -0.425. The molecule has 0 saturated carbocycles. The summed E-state index contributed by atoms with van der Waals surface area (Å²) in [4.78, 5) is 13.7. The lowest BCUT2D eigenvalue weighted by Gasteiger charge is -2.24. The summed E-state index contributed by atoms with van der Waals surface area (Å²) >= 11 is 0. The topological polar surface area (TPSA) is 53.6 Å². The van der Waals surface area contributed by atoms with Crippen LogP contribution in [0, 0.1) is 0 Å². The van der Waals surface area contributed by atoms with Crippen molar-refractivity contribution in [3.63, 3.8) is 0 Å². The number of likely N-dealkylation sites (N-methyl/N-ethyl adjacent to an activating group) is 1. The van der Waals surface area contributed by atoms with Crippen molar-refractivity contribution >= 4 is 6.09 Å². The minimum absolute atomic E-state index is 0.338. The number of rotatable bonds is 4. The number of carbonyl (C=O) groups is 1. The molecule has 0 aromatic carbocycles. The molecule has 0 spiro atoms. The Balaban J connectivity index is 2.12. The van der Waals surface area contributed by atoms with E-state index in [1.807, 2.05) is 20.8 Å². The summed E-state index contributed by atoms with van der Waals surface area (Å²) < 4.78 is 5.16. The van der Waals surface area contributed by atoms with Gasteiger partial charge < -0.3 is 20.3 Å². The molecular weight excluding hydrogens is 218 g/mol. The van der Waals surface area contributed by atoms with E-state index in [2.05, 4.69) is 22.6 Å². The molecule has 1 amide bonds. The van der Waals surface area contributed by atoms with E-state index in [0.29, 0.717) is 12.6 Å². The summed E-state index contributed by atoms with van der Waals surface area (Å²) in [5.74, 6) is 0. The Labute approximate surface area is 104 Å². The van der Waals surface area contributed by atoms with Crippen molar-refractivity contribution in [1.29, 1.82) is 0 Å². The fraction of sp³-hybridized carbons (Fsp3) is 0.917. The van der Waals surface area contributed by atoms with Gasteiger partial charge in [-0.15, -0.1) is 0 Å². The molecule has 0 aromatic heterocycles. The molecule has 1 aliphatic rings. The number of ether oxygens (including phenoxy) is 1. The highest BCUT2D eigenvalue weighted by Gasteiger charge is 2.19. The van der Waals surface area contributed by atoms with E-state index >= 15 is 0 Å². The van der Waals surface area contributed by atoms with E-state index in [9.17, 15) is 4.79 Å². The van der Waals surface area contributed by atoms with Gasteiger partial charge in [0.2, 0.25) is 0 Å². The van der Waals surface area contributed by atoms with E-state index in [0.717, 1.165) is 19.6 Å². The highest BCUT2D eigenvalue weighted by atomic mass is 16.6. The first-order valence-corrected chi connectivity index (χ1v) is 6.26. The van der Waals surface area contributed by atoms with Crippen LogP contribution in [-0.2, 0) is 4.74 Å². The quantitative estimate of drug-likeness (QED) is 0.767. The Kier molecular flexibility index (Phi) is 5.21. The van der Waals surface area contributed by atoms with Crippen molar-refractivity contribution in [2.24, 2.45) is 0 Å². The van der Waals surface area contributed by atoms with Crippen molar-refractivity contribution < 1.29 is 9.53 Å². The van der Waals surface area contributed by atoms with Crippen molar-refractivity contribution in [3.8, 4) is 0 Å². The van der Waals surface area contributed by atoms with Gasteiger partial charge in [-0.05, 0) is 40.8 Å². The van der Waals surface area contributed by atoms with Crippen molar-refractivity contribution in [2.75, 3.05) is 33.2 Å². The average molecular weight is 243 g/mol. The Morgan fingerprint density at radius 3 is 2.76 bits per heavy atom. The summed E-state index contributed by atoms with van der Waals surface area (Å²) in [7, 11) is 2.09. The normalized spacial score (nSPS) is 20.6. The standard InChI is InChI=1S/C12H25N3O2/c1-12(2,3)17-11(16)14-7-8-15(4)10-5-6-13-9-10/h10,13H,5-9H2,1-4H3,(H,14,16)/t10-/m0/s1. The van der Waals surface area contributed by atoms with Gasteiger partial charge in [0.1, 0.15) is 5.60 Å². The molecule has 0 radical (unpaired) electrons. The van der Waals surface area contributed by atoms with E-state index in [4.69, 9.17) is 4.74 Å². The molecule has 5 nitrogen and oxygen atoms in total. The van der Waals surface area contributed by atoms with Gasteiger partial charge in [-0.2, -0.15) is 0 Å². The molecule has 1 aliphatic heterocycles. The first-order chi connectivity index (χ1) is 7.88. The predicted molar refractivity (Wildman–Crippen MR) is 68.1 cm³/mol. The molecular formula is C12H25N3O2. The maximum absolute atomic E-state index is 11.4. The van der Waals surface area contributed by atoms with Gasteiger partial charge in [-0.1, -0.05) is 0 Å². The molecule has 0 aliphatic carbocycles. The smallest absolute Gasteiger partial charge is 0.407 e. The number of carbonyl (C=O) groups excluding carboxylic acids is 1. The summed E-state index contributed by atoms with van der Waals surface area (Å²) in [5, 5.41) is 6.10. The van der Waals surface area contributed by atoms with Crippen molar-refractivity contribution in [3.05, 3.63) is 0 Å². The molecule has 1 heterocycles. The Morgan fingerprint density at radius 1 is 1.53 bits per heavy atom. The van der Waals surface area contributed by atoms with Crippen LogP contribution in [0.15, 0.2) is 0 Å². The van der Waals surface area contributed by atoms with Crippen LogP contribution in [0.4, 0.5) is 4.79 Å². The van der Waals surface area contributed by atoms with Gasteiger partial charge in [-0.3, -0.25) is 0 Å². The predicted octanol–water partition coefficient (Wildman–Crippen LogP) is 0.805. The summed E-state index contributed by atoms with van der Waals surface area (Å²) in [5.41, 5.74) is -0.425. The van der Waals surface area contributed by atoms with Gasteiger partial charge >= 0.3 is 6.09 Å². The number of hydrogen-bond acceptors (Lipinski definition) is 4. The monoisotopic (exact) mass is 243 g/mol. The fourth-order valence-electron chi connectivity index (χ4n) is 1.85. The van der Waals surface area contributed by atoms with Crippen LogP contribution in [-0.4, -0.2) is 55.9 Å². The van der Waals surface area contributed by atoms with Crippen LogP contribution >= 0.6 is 0 Å². The zero-order chi connectivity index (χ0) is 12.9. The third kappa shape index (κ3) is 5.89. The number of nitrogens with zero attached hydrogens (tertiary/aromatic N) is 1. The number of nitrogens with one attached hydrogen (secondary N) is 2. The van der Waals surface area contributed by atoms with Gasteiger partial charge in [0.05, 0.1) is 0 Å². The maximum Gasteiger partial charge on any atom is 0.407 e. The van der Waals surface area contributed by atoms with Gasteiger partial charge in [-0.25, -0.2) is 4.79 Å². The van der Waals surface area contributed by atoms with E-state index in [1.54, 1.807) is 0 Å².